The fourth-order valence-electron chi connectivity index (χ4n) is 7.83. The van der Waals surface area contributed by atoms with Gasteiger partial charge in [-0.15, -0.1) is 0 Å². The standard InChI is InChI=1S/C34H37F3N4O4/c1-3-22-25(36)7-6-19-12-21(42)13-23(27(19)22)28-26(43)14-24-30(29(28)37)38-32(39-31(24)40-10-4-8-33(2,44)17-40)45-18-34-9-5-11-41(34)16-20(35)15-34/h6-7,12-14,20,42-44H,3-5,8-11,15-18H2,1-2H3/t20-,33-,34+/m1/s1. The lowest BCUT2D eigenvalue weighted by Gasteiger charge is -2.38. The summed E-state index contributed by atoms with van der Waals surface area (Å²) in [6.07, 6.45) is 2.65. The van der Waals surface area contributed by atoms with Gasteiger partial charge in [-0.3, -0.25) is 4.90 Å². The smallest absolute Gasteiger partial charge is 0.319 e. The van der Waals surface area contributed by atoms with Gasteiger partial charge in [-0.2, -0.15) is 9.97 Å². The van der Waals surface area contributed by atoms with Crippen LogP contribution in [0.15, 0.2) is 30.3 Å². The number of nitrogens with zero attached hydrogens (tertiary/aromatic N) is 4. The monoisotopic (exact) mass is 622 g/mol. The summed E-state index contributed by atoms with van der Waals surface area (Å²) in [5.74, 6) is -1.66. The molecule has 11 heteroatoms. The summed E-state index contributed by atoms with van der Waals surface area (Å²) in [6, 6.07) is 6.88. The fourth-order valence-corrected chi connectivity index (χ4v) is 7.83. The molecule has 238 valence electrons. The number of aromatic hydroxyl groups is 2. The van der Waals surface area contributed by atoms with Gasteiger partial charge in [0, 0.05) is 37.0 Å². The van der Waals surface area contributed by atoms with Crippen LogP contribution < -0.4 is 9.64 Å². The van der Waals surface area contributed by atoms with E-state index in [1.807, 2.05) is 4.90 Å². The average Bonchev–Trinajstić information content (AvgIpc) is 3.51. The number of phenolic OH excluding ortho intramolecular Hbond substituents is 2. The number of alkyl halides is 1. The lowest BCUT2D eigenvalue weighted by molar-refractivity contribution is 0.0447. The highest BCUT2D eigenvalue weighted by Gasteiger charge is 2.49. The molecule has 7 rings (SSSR count). The van der Waals surface area contributed by atoms with Gasteiger partial charge in [-0.25, -0.2) is 13.2 Å². The number of hydrogen-bond acceptors (Lipinski definition) is 8. The van der Waals surface area contributed by atoms with E-state index >= 15 is 4.39 Å². The fraction of sp³-hybridized carbons (Fsp3) is 0.471. The quantitative estimate of drug-likeness (QED) is 0.241. The third kappa shape index (κ3) is 5.10. The molecule has 4 heterocycles. The second kappa shape index (κ2) is 10.9. The van der Waals surface area contributed by atoms with E-state index in [1.54, 1.807) is 13.8 Å². The summed E-state index contributed by atoms with van der Waals surface area (Å²) in [7, 11) is 0. The van der Waals surface area contributed by atoms with Crippen molar-refractivity contribution in [1.29, 1.82) is 0 Å². The number of rotatable bonds is 6. The molecule has 3 aliphatic heterocycles. The number of aryl methyl sites for hydroxylation is 1. The van der Waals surface area contributed by atoms with Crippen molar-refractivity contribution in [3.8, 4) is 28.6 Å². The maximum atomic E-state index is 16.9. The number of anilines is 1. The molecule has 3 saturated heterocycles. The lowest BCUT2D eigenvalue weighted by Crippen LogP contribution is -2.46. The van der Waals surface area contributed by atoms with Gasteiger partial charge in [0.2, 0.25) is 0 Å². The first-order valence-electron chi connectivity index (χ1n) is 15.7. The second-order valence-electron chi connectivity index (χ2n) is 13.2. The van der Waals surface area contributed by atoms with Gasteiger partial charge in [-0.05, 0) is 86.2 Å². The molecule has 0 unspecified atom stereocenters. The molecule has 1 aromatic heterocycles. The number of piperidine rings is 1. The van der Waals surface area contributed by atoms with Crippen LogP contribution in [0.5, 0.6) is 17.5 Å². The first kappa shape index (κ1) is 29.9. The van der Waals surface area contributed by atoms with E-state index in [-0.39, 0.29) is 46.9 Å². The van der Waals surface area contributed by atoms with Gasteiger partial charge in [0.1, 0.15) is 41.4 Å². The van der Waals surface area contributed by atoms with Crippen LogP contribution in [0.2, 0.25) is 0 Å². The Hall–Kier alpha value is -3.83. The second-order valence-corrected chi connectivity index (χ2v) is 13.2. The zero-order valence-corrected chi connectivity index (χ0v) is 25.4. The van der Waals surface area contributed by atoms with Crippen molar-refractivity contribution >= 4 is 27.5 Å². The Labute approximate surface area is 259 Å². The van der Waals surface area contributed by atoms with E-state index in [4.69, 9.17) is 4.74 Å². The predicted molar refractivity (Wildman–Crippen MR) is 166 cm³/mol. The van der Waals surface area contributed by atoms with E-state index in [1.165, 1.54) is 30.3 Å². The number of ether oxygens (including phenoxy) is 1. The molecular weight excluding hydrogens is 585 g/mol. The van der Waals surface area contributed by atoms with E-state index in [0.717, 1.165) is 19.4 Å². The molecule has 0 saturated carbocycles. The highest BCUT2D eigenvalue weighted by atomic mass is 19.1. The topological polar surface area (TPSA) is 102 Å². The number of hydrogen-bond donors (Lipinski definition) is 3. The van der Waals surface area contributed by atoms with E-state index < -0.39 is 34.7 Å². The number of halogens is 3. The Morgan fingerprint density at radius 2 is 1.87 bits per heavy atom. The molecule has 3 aromatic carbocycles. The van der Waals surface area contributed by atoms with E-state index in [2.05, 4.69) is 14.9 Å². The lowest BCUT2D eigenvalue weighted by atomic mass is 9.91. The zero-order valence-electron chi connectivity index (χ0n) is 25.4. The van der Waals surface area contributed by atoms with Crippen molar-refractivity contribution in [2.75, 3.05) is 37.7 Å². The van der Waals surface area contributed by atoms with Crippen molar-refractivity contribution in [3.63, 3.8) is 0 Å². The summed E-state index contributed by atoms with van der Waals surface area (Å²) in [6.45, 7) is 5.54. The minimum atomic E-state index is -1.01. The maximum Gasteiger partial charge on any atom is 0.319 e. The van der Waals surface area contributed by atoms with Crippen LogP contribution in [-0.2, 0) is 6.42 Å². The highest BCUT2D eigenvalue weighted by Crippen LogP contribution is 2.45. The Bertz CT molecular complexity index is 1820. The van der Waals surface area contributed by atoms with Crippen molar-refractivity contribution in [2.45, 2.75) is 69.7 Å². The van der Waals surface area contributed by atoms with Crippen molar-refractivity contribution < 1.29 is 33.2 Å². The highest BCUT2D eigenvalue weighted by molar-refractivity contribution is 6.04. The summed E-state index contributed by atoms with van der Waals surface area (Å²) in [5.41, 5.74) is -1.40. The van der Waals surface area contributed by atoms with Crippen LogP contribution in [0.4, 0.5) is 19.0 Å². The van der Waals surface area contributed by atoms with Crippen LogP contribution in [0.25, 0.3) is 32.8 Å². The first-order valence-corrected chi connectivity index (χ1v) is 15.7. The van der Waals surface area contributed by atoms with Gasteiger partial charge in [-0.1, -0.05) is 13.0 Å². The number of β-amino-alcohol motifs (C(OH)–C–C–N with tert-alkyl or cyclic N) is 1. The van der Waals surface area contributed by atoms with Crippen molar-refractivity contribution in [3.05, 3.63) is 47.5 Å². The molecule has 45 heavy (non-hydrogen) atoms. The van der Waals surface area contributed by atoms with Crippen LogP contribution in [-0.4, -0.2) is 80.3 Å². The molecule has 0 radical (unpaired) electrons. The normalized spacial score (nSPS) is 25.4. The molecule has 4 aromatic rings. The number of fused-ring (bicyclic) bond motifs is 3. The van der Waals surface area contributed by atoms with Crippen LogP contribution in [0.3, 0.4) is 0 Å². The van der Waals surface area contributed by atoms with Gasteiger partial charge in [0.05, 0.1) is 16.7 Å². The third-order valence-electron chi connectivity index (χ3n) is 9.85. The molecule has 3 N–H and O–H groups in total. The number of phenols is 2. The summed E-state index contributed by atoms with van der Waals surface area (Å²) in [5, 5.41) is 33.9. The SMILES string of the molecule is CCc1c(F)ccc2cc(O)cc(-c3c(O)cc4c(N5CCC[C@@](C)(O)C5)nc(OC[C@@]56CCCN5C[C@H](F)C6)nc4c3F)c12. The van der Waals surface area contributed by atoms with Gasteiger partial charge >= 0.3 is 6.01 Å². The Kier molecular flexibility index (Phi) is 7.24. The Morgan fingerprint density at radius 1 is 1.07 bits per heavy atom. The van der Waals surface area contributed by atoms with Crippen molar-refractivity contribution in [1.82, 2.24) is 14.9 Å². The van der Waals surface area contributed by atoms with E-state index in [9.17, 15) is 24.1 Å². The zero-order chi connectivity index (χ0) is 31.7. The van der Waals surface area contributed by atoms with Gasteiger partial charge < -0.3 is 25.0 Å². The minimum absolute atomic E-state index is 0.0946. The van der Waals surface area contributed by atoms with Crippen LogP contribution >= 0.6 is 0 Å². The Balaban J connectivity index is 1.41. The molecule has 0 amide bonds. The number of aliphatic hydroxyl groups is 1. The van der Waals surface area contributed by atoms with E-state index in [0.29, 0.717) is 60.9 Å². The summed E-state index contributed by atoms with van der Waals surface area (Å²) in [4.78, 5) is 13.1. The number of benzene rings is 3. The summed E-state index contributed by atoms with van der Waals surface area (Å²) < 4.78 is 52.5. The first-order chi connectivity index (χ1) is 21.5. The minimum Gasteiger partial charge on any atom is -0.508 e. The van der Waals surface area contributed by atoms with Crippen LogP contribution in [0.1, 0.15) is 51.5 Å². The number of aromatic nitrogens is 2. The average molecular weight is 623 g/mol. The van der Waals surface area contributed by atoms with Gasteiger partial charge in [0.15, 0.2) is 5.82 Å². The molecule has 0 bridgehead atoms. The Morgan fingerprint density at radius 3 is 2.64 bits per heavy atom. The summed E-state index contributed by atoms with van der Waals surface area (Å²) >= 11 is 0. The third-order valence-corrected chi connectivity index (χ3v) is 9.85. The van der Waals surface area contributed by atoms with Crippen LogP contribution in [0, 0.1) is 11.6 Å². The van der Waals surface area contributed by atoms with Gasteiger partial charge in [0.25, 0.3) is 0 Å². The molecule has 3 aliphatic rings. The molecular formula is C34H37F3N4O4. The maximum absolute atomic E-state index is 16.9. The predicted octanol–water partition coefficient (Wildman–Crippen LogP) is 6.01. The molecule has 0 aliphatic carbocycles. The largest absolute Gasteiger partial charge is 0.508 e. The molecule has 3 fully saturated rings. The molecule has 3 atom stereocenters. The molecule has 8 nitrogen and oxygen atoms in total. The van der Waals surface area contributed by atoms with Crippen molar-refractivity contribution in [2.24, 2.45) is 0 Å². The molecule has 0 spiro atoms.